The summed E-state index contributed by atoms with van der Waals surface area (Å²) < 4.78 is 8.32. The third kappa shape index (κ3) is 6.03. The molecule has 0 amide bonds. The van der Waals surface area contributed by atoms with Gasteiger partial charge >= 0.3 is 0 Å². The van der Waals surface area contributed by atoms with Crippen LogP contribution in [-0.2, 0) is 32.5 Å². The molecule has 0 bridgehead atoms. The predicted octanol–water partition coefficient (Wildman–Crippen LogP) is 15.6. The number of benzene rings is 9. The second kappa shape index (κ2) is 14.9. The number of fused-ring (bicyclic) bond motifs is 21. The summed E-state index contributed by atoms with van der Waals surface area (Å²) in [6.45, 7) is 43.2. The third-order valence-corrected chi connectivity index (χ3v) is 25.9. The van der Waals surface area contributed by atoms with E-state index in [0.717, 1.165) is 0 Å². The molecule has 8 heterocycles. The number of para-hydroxylation sites is 1. The SMILES string of the molecule is CC(C)(C)c1ccc2c(c1)[Si]1(c3cc(C(C)(C)C)ccc3-2)c2ccc3c4c2-n2c5c(cc(C(C)(C)C)cc5c5cc(C(C)(C)C)cc1c52)B4c1cc2c(c4cccc5c6ccc(C(C)(C)C)cc6n2c54)c2c4cc(C(C)(C)C)ccc4n-3c12. The van der Waals surface area contributed by atoms with Crippen molar-refractivity contribution in [1.82, 2.24) is 13.5 Å². The van der Waals surface area contributed by atoms with Gasteiger partial charge in [-0.15, -0.1) is 0 Å². The number of hydrogen-bond acceptors (Lipinski definition) is 0. The molecular weight excluding hydrogens is 1020 g/mol. The first-order valence-corrected chi connectivity index (χ1v) is 32.9. The Morgan fingerprint density at radius 3 is 1.47 bits per heavy atom. The van der Waals surface area contributed by atoms with Gasteiger partial charge in [-0.25, -0.2) is 0 Å². The summed E-state index contributed by atoms with van der Waals surface area (Å²) in [5.74, 6) is 0. The van der Waals surface area contributed by atoms with E-state index in [9.17, 15) is 0 Å². The van der Waals surface area contributed by atoms with Crippen LogP contribution in [-0.4, -0.2) is 28.3 Å². The minimum atomic E-state index is -3.21. The highest BCUT2D eigenvalue weighted by molar-refractivity contribution is 7.24. The normalized spacial score (nSPS) is 15.4. The summed E-state index contributed by atoms with van der Waals surface area (Å²) in [4.78, 5) is 0. The first-order chi connectivity index (χ1) is 39.0. The van der Waals surface area contributed by atoms with E-state index in [2.05, 4.69) is 272 Å². The van der Waals surface area contributed by atoms with Gasteiger partial charge in [0.2, 0.25) is 0 Å². The highest BCUT2D eigenvalue weighted by Gasteiger charge is 2.57. The van der Waals surface area contributed by atoms with Crippen molar-refractivity contribution in [2.75, 3.05) is 0 Å². The summed E-state index contributed by atoms with van der Waals surface area (Å²) in [5, 5.41) is 17.1. The van der Waals surface area contributed by atoms with E-state index < -0.39 is 8.07 Å². The topological polar surface area (TPSA) is 14.3 Å². The molecule has 1 spiro atoms. The largest absolute Gasteiger partial charge is 0.310 e. The van der Waals surface area contributed by atoms with Crippen molar-refractivity contribution >= 4 is 134 Å². The third-order valence-electron chi connectivity index (χ3n) is 21.0. The van der Waals surface area contributed by atoms with Gasteiger partial charge in [-0.05, 0) is 157 Å². The van der Waals surface area contributed by atoms with Crippen LogP contribution in [0.25, 0.3) is 104 Å². The van der Waals surface area contributed by atoms with Crippen LogP contribution in [0.2, 0.25) is 0 Å². The fourth-order valence-electron chi connectivity index (χ4n) is 16.6. The van der Waals surface area contributed by atoms with E-state index in [1.807, 2.05) is 0 Å². The fraction of sp³-hybridized carbons (Fsp3) is 0.308. The minimum Gasteiger partial charge on any atom is -0.310 e. The van der Waals surface area contributed by atoms with Crippen molar-refractivity contribution in [2.45, 2.75) is 157 Å². The van der Waals surface area contributed by atoms with Crippen LogP contribution >= 0.6 is 0 Å². The molecule has 0 fully saturated rings. The van der Waals surface area contributed by atoms with E-state index in [0.29, 0.717) is 0 Å². The first kappa shape index (κ1) is 50.2. The van der Waals surface area contributed by atoms with E-state index in [1.165, 1.54) is 159 Å². The highest BCUT2D eigenvalue weighted by Crippen LogP contribution is 2.50. The second-order valence-electron chi connectivity index (χ2n) is 32.2. The Balaban J connectivity index is 1.14. The highest BCUT2D eigenvalue weighted by atomic mass is 28.3. The summed E-state index contributed by atoms with van der Waals surface area (Å²) >= 11 is 0. The summed E-state index contributed by atoms with van der Waals surface area (Å²) in [6, 6.07) is 56.0. The molecular formula is C78H76BN3Si. The second-order valence-corrected chi connectivity index (χ2v) is 35.9. The molecule has 3 nitrogen and oxygen atoms in total. The maximum Gasteiger partial charge on any atom is 0.252 e. The molecule has 410 valence electrons. The van der Waals surface area contributed by atoms with Gasteiger partial charge in [-0.1, -0.05) is 216 Å². The van der Waals surface area contributed by atoms with Gasteiger partial charge < -0.3 is 13.5 Å². The van der Waals surface area contributed by atoms with Crippen molar-refractivity contribution < 1.29 is 0 Å². The van der Waals surface area contributed by atoms with Crippen LogP contribution in [0.15, 0.2) is 133 Å². The van der Waals surface area contributed by atoms with Crippen LogP contribution in [0, 0.1) is 0 Å². The molecule has 0 aliphatic carbocycles. The average Bonchev–Trinajstić information content (AvgIpc) is 1.55. The van der Waals surface area contributed by atoms with E-state index >= 15 is 0 Å². The summed E-state index contributed by atoms with van der Waals surface area (Å²) in [6.07, 6.45) is 0. The molecule has 4 aliphatic heterocycles. The Morgan fingerprint density at radius 1 is 0.325 bits per heavy atom. The van der Waals surface area contributed by atoms with Crippen LogP contribution < -0.4 is 37.1 Å². The van der Waals surface area contributed by atoms with E-state index in [4.69, 9.17) is 0 Å². The van der Waals surface area contributed by atoms with Crippen LogP contribution in [0.3, 0.4) is 0 Å². The van der Waals surface area contributed by atoms with Crippen molar-refractivity contribution in [3.8, 4) is 22.5 Å². The lowest BCUT2D eigenvalue weighted by molar-refractivity contribution is 0.590. The molecule has 0 radical (unpaired) electrons. The zero-order chi connectivity index (χ0) is 57.8. The average molecular weight is 1090 g/mol. The van der Waals surface area contributed by atoms with Gasteiger partial charge in [-0.2, -0.15) is 0 Å². The molecule has 9 aromatic carbocycles. The predicted molar refractivity (Wildman–Crippen MR) is 363 cm³/mol. The van der Waals surface area contributed by atoms with E-state index in [1.54, 1.807) is 15.6 Å². The molecule has 83 heavy (non-hydrogen) atoms. The summed E-state index contributed by atoms with van der Waals surface area (Å²) in [5.41, 5.74) is 27.3. The van der Waals surface area contributed by atoms with Crippen molar-refractivity contribution in [3.05, 3.63) is 167 Å². The van der Waals surface area contributed by atoms with Gasteiger partial charge in [0.15, 0.2) is 8.07 Å². The smallest absolute Gasteiger partial charge is 0.252 e. The first-order valence-electron chi connectivity index (χ1n) is 30.9. The quantitative estimate of drug-likeness (QED) is 0.134. The van der Waals surface area contributed by atoms with Crippen molar-refractivity contribution in [3.63, 3.8) is 0 Å². The van der Waals surface area contributed by atoms with Gasteiger partial charge in [0, 0.05) is 60.0 Å². The van der Waals surface area contributed by atoms with Crippen LogP contribution in [0.5, 0.6) is 0 Å². The maximum absolute atomic E-state index is 3.21. The van der Waals surface area contributed by atoms with Crippen molar-refractivity contribution in [1.29, 1.82) is 0 Å². The molecule has 0 N–H and O–H groups in total. The maximum atomic E-state index is 2.86. The van der Waals surface area contributed by atoms with Gasteiger partial charge in [0.25, 0.3) is 6.71 Å². The molecule has 4 aliphatic rings. The van der Waals surface area contributed by atoms with Gasteiger partial charge in [0.1, 0.15) is 0 Å². The summed E-state index contributed by atoms with van der Waals surface area (Å²) in [7, 11) is -3.21. The number of aromatic nitrogens is 3. The molecule has 0 unspecified atom stereocenters. The molecule has 0 saturated carbocycles. The molecule has 13 aromatic rings. The number of hydrogen-bond donors (Lipinski definition) is 0. The Morgan fingerprint density at radius 2 is 0.843 bits per heavy atom. The Bertz CT molecular complexity index is 5130. The van der Waals surface area contributed by atoms with E-state index in [-0.39, 0.29) is 39.2 Å². The minimum absolute atomic E-state index is 0.00806. The van der Waals surface area contributed by atoms with Crippen molar-refractivity contribution in [2.24, 2.45) is 0 Å². The van der Waals surface area contributed by atoms with Crippen LogP contribution in [0.4, 0.5) is 0 Å². The Hall–Kier alpha value is -7.34. The Kier molecular flexibility index (Phi) is 9.04. The molecule has 17 rings (SSSR count). The molecule has 0 saturated heterocycles. The Labute approximate surface area is 490 Å². The standard InChI is InChI=1S/C78H76BN3Si/c1-73(2,3)41-25-29-57-54(32-41)66-65-51-21-19-20-50-47-26-22-42(74(4,5)6)36-59(47)81(68(50)51)60(65)40-56-71(66)80(57)58-30-31-61-72-67(58)79(56)55-35-45(77(13,14)15)33-52-53-34-46(78(16,17)18)39-64(70(53)82(72)69(52)55)83(61)62-37-43(75(7,8)9)23-27-48(62)49-28-24-44(38-63(49)83)76(10,11)12/h19-40H,1-18H3. The molecule has 0 atom stereocenters. The lowest BCUT2D eigenvalue weighted by Crippen LogP contribution is -2.77. The lowest BCUT2D eigenvalue weighted by Gasteiger charge is -2.43. The lowest BCUT2D eigenvalue weighted by atomic mass is 9.34. The van der Waals surface area contributed by atoms with Crippen LogP contribution in [0.1, 0.15) is 158 Å². The van der Waals surface area contributed by atoms with Gasteiger partial charge in [-0.3, -0.25) is 0 Å². The zero-order valence-electron chi connectivity index (χ0n) is 52.1. The molecule has 4 aromatic heterocycles. The number of nitrogens with zero attached hydrogens (tertiary/aromatic N) is 3. The van der Waals surface area contributed by atoms with Gasteiger partial charge in [0.05, 0.1) is 33.1 Å². The zero-order valence-corrected chi connectivity index (χ0v) is 53.1. The molecule has 5 heteroatoms. The fourth-order valence-corrected chi connectivity index (χ4v) is 22.2. The monoisotopic (exact) mass is 1090 g/mol. The number of rotatable bonds is 0.